The van der Waals surface area contributed by atoms with Crippen molar-refractivity contribution < 1.29 is 9.15 Å². The van der Waals surface area contributed by atoms with Gasteiger partial charge < -0.3 is 14.5 Å². The van der Waals surface area contributed by atoms with Gasteiger partial charge in [-0.15, -0.1) is 0 Å². The van der Waals surface area contributed by atoms with Crippen molar-refractivity contribution in [3.05, 3.63) is 24.1 Å². The van der Waals surface area contributed by atoms with E-state index in [4.69, 9.17) is 9.15 Å². The number of fused-ring (bicyclic) bond motifs is 1. The number of nitrogens with one attached hydrogen (secondary N) is 1. The summed E-state index contributed by atoms with van der Waals surface area (Å²) in [6, 6.07) is 5.71. The lowest BCUT2D eigenvalue weighted by molar-refractivity contribution is 0.419. The number of ether oxygens (including phenoxy) is 1. The lowest BCUT2D eigenvalue weighted by Crippen LogP contribution is -2.19. The van der Waals surface area contributed by atoms with Crippen molar-refractivity contribution in [2.45, 2.75) is 19.8 Å². The molecule has 0 aliphatic heterocycles. The molecular weight excluding hydrogens is 216 g/mol. The summed E-state index contributed by atoms with van der Waals surface area (Å²) in [7, 11) is 1.64. The molecule has 1 aromatic heterocycles. The molecule has 0 amide bonds. The smallest absolute Gasteiger partial charge is 0.199 e. The minimum atomic E-state index is 0.257. The molecule has 0 spiro atoms. The summed E-state index contributed by atoms with van der Waals surface area (Å²) < 4.78 is 11.0. The molecule has 1 unspecified atom stereocenters. The first-order valence-electron chi connectivity index (χ1n) is 5.90. The maximum absolute atomic E-state index is 5.74. The highest BCUT2D eigenvalue weighted by molar-refractivity contribution is 5.79. The highest BCUT2D eigenvalue weighted by Crippen LogP contribution is 2.27. The van der Waals surface area contributed by atoms with Crippen molar-refractivity contribution >= 4 is 11.1 Å². The van der Waals surface area contributed by atoms with Crippen molar-refractivity contribution in [2.75, 3.05) is 20.2 Å². The zero-order valence-electron chi connectivity index (χ0n) is 10.5. The van der Waals surface area contributed by atoms with Gasteiger partial charge in [0, 0.05) is 12.5 Å². The molecule has 2 rings (SSSR count). The lowest BCUT2D eigenvalue weighted by Gasteiger charge is -2.06. The molecule has 1 N–H and O–H groups in total. The largest absolute Gasteiger partial charge is 0.494 e. The van der Waals surface area contributed by atoms with Gasteiger partial charge in [-0.1, -0.05) is 19.9 Å². The molecule has 0 fully saturated rings. The van der Waals surface area contributed by atoms with Crippen molar-refractivity contribution in [3.8, 4) is 5.75 Å². The molecule has 0 saturated heterocycles. The van der Waals surface area contributed by atoms with E-state index in [2.05, 4.69) is 24.1 Å². The second kappa shape index (κ2) is 5.19. The number of aromatic nitrogens is 1. The number of likely N-dealkylation sites (N-methyl/N-ethyl adjacent to an activating group) is 1. The summed E-state index contributed by atoms with van der Waals surface area (Å²) in [5, 5.41) is 3.29. The van der Waals surface area contributed by atoms with Crippen LogP contribution in [0.2, 0.25) is 0 Å². The number of para-hydroxylation sites is 1. The van der Waals surface area contributed by atoms with Gasteiger partial charge >= 0.3 is 0 Å². The van der Waals surface area contributed by atoms with E-state index < -0.39 is 0 Å². The molecule has 1 heterocycles. The van der Waals surface area contributed by atoms with Crippen LogP contribution in [-0.4, -0.2) is 25.2 Å². The Morgan fingerprint density at radius 1 is 1.47 bits per heavy atom. The molecule has 1 atom stereocenters. The van der Waals surface area contributed by atoms with Crippen LogP contribution in [0.4, 0.5) is 0 Å². The van der Waals surface area contributed by atoms with E-state index in [1.54, 1.807) is 7.11 Å². The van der Waals surface area contributed by atoms with Gasteiger partial charge in [-0.3, -0.25) is 0 Å². The Labute approximate surface area is 101 Å². The molecule has 0 radical (unpaired) electrons. The van der Waals surface area contributed by atoms with Gasteiger partial charge in [0.25, 0.3) is 0 Å². The number of benzene rings is 1. The minimum absolute atomic E-state index is 0.257. The van der Waals surface area contributed by atoms with Crippen LogP contribution in [-0.2, 0) is 0 Å². The zero-order valence-corrected chi connectivity index (χ0v) is 10.5. The van der Waals surface area contributed by atoms with Gasteiger partial charge in [-0.05, 0) is 18.7 Å². The molecule has 17 heavy (non-hydrogen) atoms. The number of hydrogen-bond donors (Lipinski definition) is 1. The van der Waals surface area contributed by atoms with Crippen LogP contribution in [0.5, 0.6) is 5.75 Å². The average Bonchev–Trinajstić information content (AvgIpc) is 2.79. The SMILES string of the molecule is CCNCC(C)c1nc2c(OC)cccc2o1. The topological polar surface area (TPSA) is 47.3 Å². The molecule has 0 bridgehead atoms. The third kappa shape index (κ3) is 2.42. The van der Waals surface area contributed by atoms with E-state index >= 15 is 0 Å². The first-order chi connectivity index (χ1) is 8.26. The van der Waals surface area contributed by atoms with Gasteiger partial charge in [0.05, 0.1) is 7.11 Å². The van der Waals surface area contributed by atoms with Gasteiger partial charge in [-0.2, -0.15) is 0 Å². The van der Waals surface area contributed by atoms with Crippen LogP contribution < -0.4 is 10.1 Å². The van der Waals surface area contributed by atoms with Gasteiger partial charge in [0.1, 0.15) is 5.75 Å². The zero-order chi connectivity index (χ0) is 12.3. The fourth-order valence-electron chi connectivity index (χ4n) is 1.76. The number of hydrogen-bond acceptors (Lipinski definition) is 4. The summed E-state index contributed by atoms with van der Waals surface area (Å²) in [5.41, 5.74) is 1.58. The predicted molar refractivity (Wildman–Crippen MR) is 67.5 cm³/mol. The summed E-state index contributed by atoms with van der Waals surface area (Å²) >= 11 is 0. The minimum Gasteiger partial charge on any atom is -0.494 e. The first kappa shape index (κ1) is 11.9. The maximum Gasteiger partial charge on any atom is 0.199 e. The van der Waals surface area contributed by atoms with E-state index in [1.807, 2.05) is 18.2 Å². The van der Waals surface area contributed by atoms with Crippen LogP contribution in [0, 0.1) is 0 Å². The normalized spacial score (nSPS) is 12.9. The van der Waals surface area contributed by atoms with Gasteiger partial charge in [0.2, 0.25) is 0 Å². The van der Waals surface area contributed by atoms with Crippen molar-refractivity contribution in [1.29, 1.82) is 0 Å². The van der Waals surface area contributed by atoms with E-state index in [1.165, 1.54) is 0 Å². The highest BCUT2D eigenvalue weighted by Gasteiger charge is 2.15. The van der Waals surface area contributed by atoms with E-state index in [0.717, 1.165) is 35.8 Å². The highest BCUT2D eigenvalue weighted by atomic mass is 16.5. The van der Waals surface area contributed by atoms with E-state index in [9.17, 15) is 0 Å². The van der Waals surface area contributed by atoms with Gasteiger partial charge in [-0.25, -0.2) is 4.98 Å². The molecule has 1 aromatic carbocycles. The second-order valence-corrected chi connectivity index (χ2v) is 4.07. The second-order valence-electron chi connectivity index (χ2n) is 4.07. The quantitative estimate of drug-likeness (QED) is 0.863. The predicted octanol–water partition coefficient (Wildman–Crippen LogP) is 2.55. The van der Waals surface area contributed by atoms with E-state index in [-0.39, 0.29) is 5.92 Å². The number of nitrogens with zero attached hydrogens (tertiary/aromatic N) is 1. The van der Waals surface area contributed by atoms with E-state index in [0.29, 0.717) is 0 Å². The summed E-state index contributed by atoms with van der Waals surface area (Å²) in [6.45, 7) is 6.00. The fourth-order valence-corrected chi connectivity index (χ4v) is 1.76. The van der Waals surface area contributed by atoms with Crippen LogP contribution >= 0.6 is 0 Å². The van der Waals surface area contributed by atoms with Crippen LogP contribution in [0.3, 0.4) is 0 Å². The molecule has 4 heteroatoms. The molecule has 4 nitrogen and oxygen atoms in total. The van der Waals surface area contributed by atoms with Crippen molar-refractivity contribution in [1.82, 2.24) is 10.3 Å². The third-order valence-corrected chi connectivity index (χ3v) is 2.74. The Bertz CT molecular complexity index is 493. The molecular formula is C13H18N2O2. The average molecular weight is 234 g/mol. The Morgan fingerprint density at radius 3 is 3.00 bits per heavy atom. The fraction of sp³-hybridized carbons (Fsp3) is 0.462. The first-order valence-corrected chi connectivity index (χ1v) is 5.90. The molecule has 92 valence electrons. The molecule has 0 aliphatic rings. The van der Waals surface area contributed by atoms with Gasteiger partial charge in [0.15, 0.2) is 17.0 Å². The van der Waals surface area contributed by atoms with Crippen LogP contribution in [0.25, 0.3) is 11.1 Å². The van der Waals surface area contributed by atoms with Crippen LogP contribution in [0.15, 0.2) is 22.6 Å². The third-order valence-electron chi connectivity index (χ3n) is 2.74. The lowest BCUT2D eigenvalue weighted by atomic mass is 10.2. The summed E-state index contributed by atoms with van der Waals surface area (Å²) in [4.78, 5) is 4.50. The molecule has 2 aromatic rings. The number of methoxy groups -OCH3 is 1. The van der Waals surface area contributed by atoms with Crippen molar-refractivity contribution in [2.24, 2.45) is 0 Å². The van der Waals surface area contributed by atoms with Crippen molar-refractivity contribution in [3.63, 3.8) is 0 Å². The Kier molecular flexibility index (Phi) is 3.64. The number of oxazole rings is 1. The Balaban J connectivity index is 2.31. The standard InChI is InChI=1S/C13H18N2O2/c1-4-14-8-9(2)13-15-12-10(16-3)6-5-7-11(12)17-13/h5-7,9,14H,4,8H2,1-3H3. The Morgan fingerprint density at radius 2 is 2.29 bits per heavy atom. The molecule has 0 saturated carbocycles. The van der Waals surface area contributed by atoms with Crippen LogP contribution in [0.1, 0.15) is 25.7 Å². The molecule has 0 aliphatic carbocycles. The summed E-state index contributed by atoms with van der Waals surface area (Å²) in [6.07, 6.45) is 0. The monoisotopic (exact) mass is 234 g/mol. The maximum atomic E-state index is 5.74. The Hall–Kier alpha value is -1.55. The number of rotatable bonds is 5. The summed E-state index contributed by atoms with van der Waals surface area (Å²) in [5.74, 6) is 1.77.